The third kappa shape index (κ3) is 12.6. The third-order valence-corrected chi connectivity index (χ3v) is 7.93. The Morgan fingerprint density at radius 1 is 0.953 bits per heavy atom. The van der Waals surface area contributed by atoms with E-state index >= 15 is 0 Å². The predicted molar refractivity (Wildman–Crippen MR) is 179 cm³/mol. The highest BCUT2D eigenvalue weighted by atomic mass is 32.2. The number of aliphatic carboxylic acids is 1. The van der Waals surface area contributed by atoms with Crippen molar-refractivity contribution >= 4 is 23.6 Å². The molecule has 3 aromatic carbocycles. The van der Waals surface area contributed by atoms with Crippen LogP contribution in [0.1, 0.15) is 67.1 Å². The van der Waals surface area contributed by atoms with Crippen LogP contribution in [-0.2, 0) is 27.3 Å². The summed E-state index contributed by atoms with van der Waals surface area (Å²) in [7, 11) is 1.75. The molecule has 0 bridgehead atoms. The van der Waals surface area contributed by atoms with Crippen molar-refractivity contribution in [1.82, 2.24) is 5.32 Å². The van der Waals surface area contributed by atoms with Gasteiger partial charge in [0.15, 0.2) is 0 Å². The standard InChI is InChI=1S/C21H25NO3S.C15H24O2/c1-4-15-9-10-17(18(13-15)16-8-6-5-7-14(16)2)20(23)22-19(21(24)25)11-12-26-3;1-4-15(10-13(2)11-16-3)17-12-14-8-6-5-7-9-14/h5-10,13,19H,4,11-12H2,1-3H3,(H,22,23)(H,24,25);5-9,13,15H,4,10-12H2,1-3H3/t;13-,15+/m.0/s1. The van der Waals surface area contributed by atoms with Gasteiger partial charge >= 0.3 is 5.97 Å². The highest BCUT2D eigenvalue weighted by molar-refractivity contribution is 7.98. The molecule has 0 saturated carbocycles. The number of carboxylic acid groups (broad SMARTS) is 1. The van der Waals surface area contributed by atoms with Crippen molar-refractivity contribution in [2.24, 2.45) is 5.92 Å². The quantitative estimate of drug-likeness (QED) is 0.173. The minimum Gasteiger partial charge on any atom is -0.480 e. The summed E-state index contributed by atoms with van der Waals surface area (Å²) >= 11 is 1.56. The van der Waals surface area contributed by atoms with Crippen LogP contribution in [-0.4, -0.2) is 54.9 Å². The lowest BCUT2D eigenvalue weighted by atomic mass is 9.93. The lowest BCUT2D eigenvalue weighted by molar-refractivity contribution is -0.139. The molecule has 0 heterocycles. The number of nitrogens with one attached hydrogen (secondary N) is 1. The summed E-state index contributed by atoms with van der Waals surface area (Å²) in [6.07, 6.45) is 5.64. The first-order valence-corrected chi connectivity index (χ1v) is 16.5. The average molecular weight is 608 g/mol. The zero-order chi connectivity index (χ0) is 31.6. The van der Waals surface area contributed by atoms with Crippen LogP contribution in [0.4, 0.5) is 0 Å². The Morgan fingerprint density at radius 3 is 2.26 bits per heavy atom. The van der Waals surface area contributed by atoms with Crippen LogP contribution >= 0.6 is 11.8 Å². The van der Waals surface area contributed by atoms with Gasteiger partial charge in [-0.15, -0.1) is 0 Å². The van der Waals surface area contributed by atoms with Crippen molar-refractivity contribution in [3.05, 3.63) is 95.1 Å². The van der Waals surface area contributed by atoms with Crippen LogP contribution in [0.2, 0.25) is 0 Å². The van der Waals surface area contributed by atoms with E-state index in [0.717, 1.165) is 48.1 Å². The maximum Gasteiger partial charge on any atom is 0.326 e. The number of aryl methyl sites for hydroxylation is 2. The molecule has 0 saturated heterocycles. The summed E-state index contributed by atoms with van der Waals surface area (Å²) in [5.41, 5.74) is 5.79. The number of thioether (sulfide) groups is 1. The van der Waals surface area contributed by atoms with Gasteiger partial charge in [-0.1, -0.05) is 87.5 Å². The van der Waals surface area contributed by atoms with E-state index in [1.807, 2.05) is 67.8 Å². The molecule has 0 aliphatic carbocycles. The van der Waals surface area contributed by atoms with Gasteiger partial charge in [0.05, 0.1) is 12.7 Å². The van der Waals surface area contributed by atoms with Gasteiger partial charge < -0.3 is 19.9 Å². The van der Waals surface area contributed by atoms with Crippen LogP contribution < -0.4 is 5.32 Å². The largest absolute Gasteiger partial charge is 0.480 e. The highest BCUT2D eigenvalue weighted by Gasteiger charge is 2.22. The van der Waals surface area contributed by atoms with Crippen molar-refractivity contribution < 1.29 is 24.2 Å². The number of carbonyl (C=O) groups excluding carboxylic acids is 1. The van der Waals surface area contributed by atoms with Crippen LogP contribution in [0.3, 0.4) is 0 Å². The number of methoxy groups -OCH3 is 1. The number of hydrogen-bond donors (Lipinski definition) is 2. The molecule has 0 aliphatic rings. The Morgan fingerprint density at radius 2 is 1.65 bits per heavy atom. The molecule has 234 valence electrons. The first kappa shape index (κ1) is 36.1. The zero-order valence-corrected chi connectivity index (χ0v) is 27.4. The molecular formula is C36H49NO5S. The molecule has 43 heavy (non-hydrogen) atoms. The van der Waals surface area contributed by atoms with Gasteiger partial charge in [0.25, 0.3) is 5.91 Å². The van der Waals surface area contributed by atoms with E-state index in [4.69, 9.17) is 9.47 Å². The lowest BCUT2D eigenvalue weighted by Gasteiger charge is -2.20. The van der Waals surface area contributed by atoms with Crippen molar-refractivity contribution in [2.75, 3.05) is 25.7 Å². The Balaban J connectivity index is 0.000000329. The Kier molecular flexibility index (Phi) is 16.7. The summed E-state index contributed by atoms with van der Waals surface area (Å²) in [5, 5.41) is 12.1. The van der Waals surface area contributed by atoms with Gasteiger partial charge in [0, 0.05) is 19.3 Å². The van der Waals surface area contributed by atoms with Crippen LogP contribution in [0.5, 0.6) is 0 Å². The first-order chi connectivity index (χ1) is 20.7. The number of carboxylic acids is 1. The second-order valence-corrected chi connectivity index (χ2v) is 11.8. The van der Waals surface area contributed by atoms with Crippen molar-refractivity contribution in [3.8, 4) is 11.1 Å². The van der Waals surface area contributed by atoms with Gasteiger partial charge in [0.2, 0.25) is 0 Å². The maximum atomic E-state index is 12.8. The summed E-state index contributed by atoms with van der Waals surface area (Å²) in [5.74, 6) is -0.119. The van der Waals surface area contributed by atoms with Crippen LogP contribution in [0, 0.1) is 12.8 Å². The molecule has 0 spiro atoms. The van der Waals surface area contributed by atoms with E-state index in [-0.39, 0.29) is 5.91 Å². The predicted octanol–water partition coefficient (Wildman–Crippen LogP) is 7.81. The zero-order valence-electron chi connectivity index (χ0n) is 26.6. The minimum atomic E-state index is -1.00. The normalized spacial score (nSPS) is 12.9. The third-order valence-electron chi connectivity index (χ3n) is 7.29. The van der Waals surface area contributed by atoms with E-state index in [9.17, 15) is 14.7 Å². The smallest absolute Gasteiger partial charge is 0.326 e. The number of rotatable bonds is 16. The Labute approximate surface area is 262 Å². The fraction of sp³-hybridized carbons (Fsp3) is 0.444. The first-order valence-electron chi connectivity index (χ1n) is 15.1. The van der Waals surface area contributed by atoms with Crippen molar-refractivity contribution in [1.29, 1.82) is 0 Å². The lowest BCUT2D eigenvalue weighted by Crippen LogP contribution is -2.41. The number of amides is 1. The Bertz CT molecular complexity index is 1250. The molecule has 6 nitrogen and oxygen atoms in total. The van der Waals surface area contributed by atoms with E-state index in [2.05, 4.69) is 38.2 Å². The fourth-order valence-electron chi connectivity index (χ4n) is 4.78. The van der Waals surface area contributed by atoms with E-state index < -0.39 is 12.0 Å². The van der Waals surface area contributed by atoms with Gasteiger partial charge in [-0.25, -0.2) is 4.79 Å². The second kappa shape index (κ2) is 19.9. The summed E-state index contributed by atoms with van der Waals surface area (Å²) < 4.78 is 11.1. The van der Waals surface area contributed by atoms with E-state index in [1.165, 1.54) is 5.56 Å². The monoisotopic (exact) mass is 607 g/mol. The molecular weight excluding hydrogens is 558 g/mol. The van der Waals surface area contributed by atoms with E-state index in [1.54, 1.807) is 24.9 Å². The molecule has 2 N–H and O–H groups in total. The molecule has 3 rings (SSSR count). The topological polar surface area (TPSA) is 84.9 Å². The number of carbonyl (C=O) groups is 2. The molecule has 1 amide bonds. The molecule has 3 atom stereocenters. The minimum absolute atomic E-state index is 0.334. The summed E-state index contributed by atoms with van der Waals surface area (Å²) in [6, 6.07) is 23.1. The molecule has 1 unspecified atom stereocenters. The Hall–Kier alpha value is -3.13. The summed E-state index contributed by atoms with van der Waals surface area (Å²) in [6.45, 7) is 9.98. The molecule has 3 aromatic rings. The van der Waals surface area contributed by atoms with Gasteiger partial charge in [-0.3, -0.25) is 4.79 Å². The number of benzene rings is 3. The van der Waals surface area contributed by atoms with E-state index in [0.29, 0.717) is 36.4 Å². The van der Waals surface area contributed by atoms with Gasteiger partial charge in [-0.05, 0) is 84.4 Å². The van der Waals surface area contributed by atoms with Gasteiger partial charge in [-0.2, -0.15) is 11.8 Å². The molecule has 0 radical (unpaired) electrons. The van der Waals surface area contributed by atoms with Crippen LogP contribution in [0.25, 0.3) is 11.1 Å². The highest BCUT2D eigenvalue weighted by Crippen LogP contribution is 2.28. The van der Waals surface area contributed by atoms with Crippen molar-refractivity contribution in [3.63, 3.8) is 0 Å². The van der Waals surface area contributed by atoms with Crippen molar-refractivity contribution in [2.45, 2.75) is 72.1 Å². The molecule has 0 fully saturated rings. The molecule has 0 aromatic heterocycles. The maximum absolute atomic E-state index is 12.8. The molecule has 0 aliphatic heterocycles. The van der Waals surface area contributed by atoms with Gasteiger partial charge in [0.1, 0.15) is 6.04 Å². The molecule has 7 heteroatoms. The van der Waals surface area contributed by atoms with Crippen LogP contribution in [0.15, 0.2) is 72.8 Å². The average Bonchev–Trinajstić information content (AvgIpc) is 3.02. The number of ether oxygens (including phenoxy) is 2. The SMILES string of the molecule is CC[C@H](C[C@H](C)COC)OCc1ccccc1.CCc1ccc(C(=O)NC(CCSC)C(=O)O)c(-c2ccccc2C)c1. The summed E-state index contributed by atoms with van der Waals surface area (Å²) in [4.78, 5) is 24.3. The number of hydrogen-bond acceptors (Lipinski definition) is 5. The fourth-order valence-corrected chi connectivity index (χ4v) is 5.25. The second-order valence-electron chi connectivity index (χ2n) is 10.8.